The van der Waals surface area contributed by atoms with Gasteiger partial charge in [0.1, 0.15) is 0 Å². The molecule has 0 aliphatic carbocycles. The second kappa shape index (κ2) is 8.19. The van der Waals surface area contributed by atoms with Gasteiger partial charge < -0.3 is 4.74 Å². The van der Waals surface area contributed by atoms with E-state index in [1.54, 1.807) is 11.3 Å². The number of nitrogens with zero attached hydrogens (tertiary/aromatic N) is 2. The van der Waals surface area contributed by atoms with Gasteiger partial charge in [-0.1, -0.05) is 54.7 Å². The maximum atomic E-state index is 13.1. The number of rotatable bonds is 6. The quantitative estimate of drug-likeness (QED) is 0.627. The van der Waals surface area contributed by atoms with E-state index >= 15 is 0 Å². The molecule has 27 heavy (non-hydrogen) atoms. The summed E-state index contributed by atoms with van der Waals surface area (Å²) < 4.78 is 6.93. The fourth-order valence-corrected chi connectivity index (χ4v) is 4.49. The predicted molar refractivity (Wildman–Crippen MR) is 110 cm³/mol. The average Bonchev–Trinajstić information content (AvgIpc) is 3.35. The fraction of sp³-hybridized carbons (Fsp3) is 0.364. The Morgan fingerprint density at radius 3 is 2.81 bits per heavy atom. The zero-order valence-electron chi connectivity index (χ0n) is 15.6. The van der Waals surface area contributed by atoms with Gasteiger partial charge in [-0.2, -0.15) is 0 Å². The van der Waals surface area contributed by atoms with Crippen LogP contribution in [0.15, 0.2) is 48.5 Å². The number of fused-ring (bicyclic) bond motifs is 1. The van der Waals surface area contributed by atoms with E-state index in [-0.39, 0.29) is 12.0 Å². The third-order valence-electron chi connectivity index (χ3n) is 4.99. The van der Waals surface area contributed by atoms with Crippen molar-refractivity contribution in [3.8, 4) is 0 Å². The number of hydrogen-bond acceptors (Lipinski definition) is 4. The Kier molecular flexibility index (Phi) is 5.50. The van der Waals surface area contributed by atoms with Crippen LogP contribution in [0.1, 0.15) is 30.9 Å². The average molecular weight is 381 g/mol. The highest BCUT2D eigenvalue weighted by Gasteiger charge is 2.26. The summed E-state index contributed by atoms with van der Waals surface area (Å²) in [5.74, 6) is 0.0754. The number of aromatic nitrogens is 1. The fourth-order valence-electron chi connectivity index (χ4n) is 3.44. The maximum absolute atomic E-state index is 13.1. The summed E-state index contributed by atoms with van der Waals surface area (Å²) in [4.78, 5) is 19.7. The summed E-state index contributed by atoms with van der Waals surface area (Å²) in [6.45, 7) is 3.51. The van der Waals surface area contributed by atoms with Crippen molar-refractivity contribution < 1.29 is 9.53 Å². The predicted octanol–water partition coefficient (Wildman–Crippen LogP) is 4.61. The van der Waals surface area contributed by atoms with Crippen molar-refractivity contribution in [1.29, 1.82) is 0 Å². The topological polar surface area (TPSA) is 42.4 Å². The Bertz CT molecular complexity index is 916. The molecule has 0 N–H and O–H groups in total. The van der Waals surface area contributed by atoms with Crippen molar-refractivity contribution in [2.24, 2.45) is 0 Å². The van der Waals surface area contributed by atoms with E-state index in [0.717, 1.165) is 46.8 Å². The summed E-state index contributed by atoms with van der Waals surface area (Å²) in [7, 11) is 0. The van der Waals surface area contributed by atoms with E-state index in [4.69, 9.17) is 9.72 Å². The van der Waals surface area contributed by atoms with Gasteiger partial charge in [0.2, 0.25) is 5.91 Å². The second-order valence-corrected chi connectivity index (χ2v) is 7.96. The molecule has 2 aromatic carbocycles. The standard InChI is InChI=1S/C22H24N2O2S/c1-2-16-10-11-19-20(13-16)27-22(23-19)24(15-18-9-6-12-26-18)21(25)14-17-7-4-3-5-8-17/h3-5,7-8,10-11,13,18H,2,6,9,12,14-15H2,1H3. The largest absolute Gasteiger partial charge is 0.376 e. The molecule has 140 valence electrons. The van der Waals surface area contributed by atoms with Gasteiger partial charge in [0.05, 0.1) is 29.3 Å². The van der Waals surface area contributed by atoms with Gasteiger partial charge in [-0.05, 0) is 42.5 Å². The normalized spacial score (nSPS) is 16.7. The van der Waals surface area contributed by atoms with Crippen LogP contribution in [-0.4, -0.2) is 30.1 Å². The van der Waals surface area contributed by atoms with Crippen LogP contribution in [0.5, 0.6) is 0 Å². The maximum Gasteiger partial charge on any atom is 0.233 e. The summed E-state index contributed by atoms with van der Waals surface area (Å²) in [5.41, 5.74) is 3.27. The van der Waals surface area contributed by atoms with Gasteiger partial charge in [-0.15, -0.1) is 0 Å². The van der Waals surface area contributed by atoms with Gasteiger partial charge in [0.25, 0.3) is 0 Å². The molecule has 1 aromatic heterocycles. The first-order chi connectivity index (χ1) is 13.2. The van der Waals surface area contributed by atoms with E-state index in [9.17, 15) is 4.79 Å². The highest BCUT2D eigenvalue weighted by atomic mass is 32.1. The monoisotopic (exact) mass is 380 g/mol. The Labute approximate surface area is 163 Å². The third-order valence-corrected chi connectivity index (χ3v) is 6.03. The van der Waals surface area contributed by atoms with Gasteiger partial charge >= 0.3 is 0 Å². The smallest absolute Gasteiger partial charge is 0.233 e. The molecule has 1 saturated heterocycles. The van der Waals surface area contributed by atoms with Crippen LogP contribution in [0.3, 0.4) is 0 Å². The SMILES string of the molecule is CCc1ccc2nc(N(CC3CCCO3)C(=O)Cc3ccccc3)sc2c1. The number of thiazole rings is 1. The minimum absolute atomic E-state index is 0.0754. The lowest BCUT2D eigenvalue weighted by Crippen LogP contribution is -2.38. The number of carbonyl (C=O) groups is 1. The summed E-state index contributed by atoms with van der Waals surface area (Å²) >= 11 is 1.60. The molecule has 1 amide bonds. The Morgan fingerprint density at radius 2 is 2.07 bits per heavy atom. The van der Waals surface area contributed by atoms with E-state index in [1.165, 1.54) is 5.56 Å². The third kappa shape index (κ3) is 4.20. The molecule has 1 atom stereocenters. The number of benzene rings is 2. The Hall–Kier alpha value is -2.24. The molecular weight excluding hydrogens is 356 g/mol. The zero-order chi connectivity index (χ0) is 18.6. The van der Waals surface area contributed by atoms with Crippen molar-refractivity contribution in [3.05, 3.63) is 59.7 Å². The number of aryl methyl sites for hydroxylation is 1. The van der Waals surface area contributed by atoms with Gasteiger partial charge in [0.15, 0.2) is 5.13 Å². The van der Waals surface area contributed by atoms with Crippen LogP contribution in [0.25, 0.3) is 10.2 Å². The van der Waals surface area contributed by atoms with E-state index in [1.807, 2.05) is 35.2 Å². The molecule has 0 spiro atoms. The van der Waals surface area contributed by atoms with Gasteiger partial charge in [-0.3, -0.25) is 9.69 Å². The molecule has 1 unspecified atom stereocenters. The molecule has 4 rings (SSSR count). The molecular formula is C22H24N2O2S. The Morgan fingerprint density at radius 1 is 1.22 bits per heavy atom. The lowest BCUT2D eigenvalue weighted by molar-refractivity contribution is -0.118. The first kappa shape index (κ1) is 18.1. The first-order valence-electron chi connectivity index (χ1n) is 9.58. The van der Waals surface area contributed by atoms with Crippen LogP contribution in [0.4, 0.5) is 5.13 Å². The van der Waals surface area contributed by atoms with Crippen LogP contribution in [0.2, 0.25) is 0 Å². The summed E-state index contributed by atoms with van der Waals surface area (Å²) in [6.07, 6.45) is 3.53. The molecule has 4 nitrogen and oxygen atoms in total. The lowest BCUT2D eigenvalue weighted by atomic mass is 10.1. The van der Waals surface area contributed by atoms with Gasteiger partial charge in [0, 0.05) is 6.61 Å². The lowest BCUT2D eigenvalue weighted by Gasteiger charge is -2.23. The first-order valence-corrected chi connectivity index (χ1v) is 10.4. The minimum atomic E-state index is 0.0754. The summed E-state index contributed by atoms with van der Waals surface area (Å²) in [5, 5.41) is 0.773. The summed E-state index contributed by atoms with van der Waals surface area (Å²) in [6, 6.07) is 16.2. The number of carbonyl (C=O) groups excluding carboxylic acids is 1. The number of amides is 1. The Balaban J connectivity index is 1.63. The number of ether oxygens (including phenoxy) is 1. The molecule has 3 aromatic rings. The molecule has 0 bridgehead atoms. The minimum Gasteiger partial charge on any atom is -0.376 e. The van der Waals surface area contributed by atoms with E-state index in [2.05, 4.69) is 25.1 Å². The zero-order valence-corrected chi connectivity index (χ0v) is 16.4. The number of hydrogen-bond donors (Lipinski definition) is 0. The van der Waals surface area contributed by atoms with Crippen molar-refractivity contribution >= 4 is 32.6 Å². The highest BCUT2D eigenvalue weighted by Crippen LogP contribution is 2.31. The highest BCUT2D eigenvalue weighted by molar-refractivity contribution is 7.22. The van der Waals surface area contributed by atoms with E-state index < -0.39 is 0 Å². The molecule has 1 aliphatic heterocycles. The van der Waals surface area contributed by atoms with Gasteiger partial charge in [-0.25, -0.2) is 4.98 Å². The van der Waals surface area contributed by atoms with Crippen LogP contribution in [-0.2, 0) is 22.4 Å². The molecule has 0 radical (unpaired) electrons. The van der Waals surface area contributed by atoms with Crippen molar-refractivity contribution in [3.63, 3.8) is 0 Å². The van der Waals surface area contributed by atoms with Crippen molar-refractivity contribution in [1.82, 2.24) is 4.98 Å². The van der Waals surface area contributed by atoms with E-state index in [0.29, 0.717) is 13.0 Å². The molecule has 1 aliphatic rings. The number of anilines is 1. The van der Waals surface area contributed by atoms with Crippen molar-refractivity contribution in [2.75, 3.05) is 18.1 Å². The second-order valence-electron chi connectivity index (χ2n) is 6.95. The molecule has 1 fully saturated rings. The molecule has 0 saturated carbocycles. The molecule has 2 heterocycles. The van der Waals surface area contributed by atoms with Crippen LogP contribution < -0.4 is 4.90 Å². The van der Waals surface area contributed by atoms with Crippen molar-refractivity contribution in [2.45, 2.75) is 38.7 Å². The molecule has 5 heteroatoms. The van der Waals surface area contributed by atoms with Crippen LogP contribution in [0, 0.1) is 0 Å². The van der Waals surface area contributed by atoms with Crippen LogP contribution >= 0.6 is 11.3 Å².